The summed E-state index contributed by atoms with van der Waals surface area (Å²) in [6, 6.07) is 8.74. The quantitative estimate of drug-likeness (QED) is 0.488. The maximum absolute atomic E-state index is 12.3. The molecule has 0 bridgehead atoms. The summed E-state index contributed by atoms with van der Waals surface area (Å²) in [6.07, 6.45) is 2.85. The largest absolute Gasteiger partial charge is 0.494 e. The number of ether oxygens (including phenoxy) is 2. The number of rotatable bonds is 9. The first-order chi connectivity index (χ1) is 14.6. The zero-order valence-corrected chi connectivity index (χ0v) is 17.8. The van der Waals surface area contributed by atoms with E-state index in [2.05, 4.69) is 12.2 Å². The van der Waals surface area contributed by atoms with Crippen LogP contribution in [0, 0.1) is 0 Å². The summed E-state index contributed by atoms with van der Waals surface area (Å²) >= 11 is 1.70. The van der Waals surface area contributed by atoms with Gasteiger partial charge in [-0.15, -0.1) is 11.3 Å². The van der Waals surface area contributed by atoms with Gasteiger partial charge in [-0.3, -0.25) is 14.4 Å². The molecule has 0 atom stereocenters. The van der Waals surface area contributed by atoms with Crippen LogP contribution < -0.4 is 10.1 Å². The summed E-state index contributed by atoms with van der Waals surface area (Å²) in [6.45, 7) is 3.28. The Bertz CT molecular complexity index is 878. The molecule has 1 aliphatic rings. The first-order valence-corrected chi connectivity index (χ1v) is 10.9. The van der Waals surface area contributed by atoms with E-state index in [1.165, 1.54) is 4.88 Å². The molecule has 8 heteroatoms. The zero-order valence-electron chi connectivity index (χ0n) is 17.0. The van der Waals surface area contributed by atoms with Crippen molar-refractivity contribution in [3.63, 3.8) is 0 Å². The Morgan fingerprint density at radius 2 is 1.97 bits per heavy atom. The molecular formula is C22H26N2O5S. The van der Waals surface area contributed by atoms with Crippen LogP contribution in [0.25, 0.3) is 0 Å². The fourth-order valence-corrected chi connectivity index (χ4v) is 3.93. The number of fused-ring (bicyclic) bond motifs is 1. The topological polar surface area (TPSA) is 84.9 Å². The number of amides is 2. The molecule has 3 rings (SSSR count). The summed E-state index contributed by atoms with van der Waals surface area (Å²) in [4.78, 5) is 39.3. The Kier molecular flexibility index (Phi) is 7.84. The summed E-state index contributed by atoms with van der Waals surface area (Å²) in [5.74, 6) is -0.570. The molecule has 1 aromatic carbocycles. The molecule has 2 amide bonds. The minimum absolute atomic E-state index is 0.231. The van der Waals surface area contributed by atoms with Crippen LogP contribution in [0.2, 0.25) is 0 Å². The van der Waals surface area contributed by atoms with Crippen LogP contribution >= 0.6 is 11.3 Å². The minimum Gasteiger partial charge on any atom is -0.494 e. The van der Waals surface area contributed by atoms with Crippen LogP contribution in [0.3, 0.4) is 0 Å². The van der Waals surface area contributed by atoms with Crippen molar-refractivity contribution < 1.29 is 23.9 Å². The van der Waals surface area contributed by atoms with Gasteiger partial charge in [0.2, 0.25) is 0 Å². The molecule has 0 aliphatic carbocycles. The van der Waals surface area contributed by atoms with Crippen molar-refractivity contribution in [2.24, 2.45) is 0 Å². The minimum atomic E-state index is -0.649. The molecule has 0 radical (unpaired) electrons. The van der Waals surface area contributed by atoms with Gasteiger partial charge in [-0.25, -0.2) is 0 Å². The Morgan fingerprint density at radius 3 is 2.73 bits per heavy atom. The van der Waals surface area contributed by atoms with Crippen molar-refractivity contribution in [1.82, 2.24) is 10.2 Å². The maximum Gasteiger partial charge on any atom is 0.325 e. The van der Waals surface area contributed by atoms with Crippen molar-refractivity contribution in [2.45, 2.75) is 32.7 Å². The Balaban J connectivity index is 1.37. The second-order valence-corrected chi connectivity index (χ2v) is 8.00. The average Bonchev–Trinajstić information content (AvgIpc) is 3.24. The Morgan fingerprint density at radius 1 is 1.17 bits per heavy atom. The third kappa shape index (κ3) is 6.06. The molecule has 160 valence electrons. The monoisotopic (exact) mass is 430 g/mol. The van der Waals surface area contributed by atoms with Crippen molar-refractivity contribution in [1.29, 1.82) is 0 Å². The zero-order chi connectivity index (χ0) is 21.3. The van der Waals surface area contributed by atoms with Gasteiger partial charge < -0.3 is 19.7 Å². The number of unbranched alkanes of at least 4 members (excludes halogenated alkanes) is 1. The van der Waals surface area contributed by atoms with Gasteiger partial charge in [-0.05, 0) is 54.1 Å². The lowest BCUT2D eigenvalue weighted by Gasteiger charge is -2.26. The van der Waals surface area contributed by atoms with Gasteiger partial charge in [0.15, 0.2) is 6.61 Å². The molecule has 1 aliphatic heterocycles. The van der Waals surface area contributed by atoms with E-state index in [0.717, 1.165) is 24.8 Å². The molecule has 0 saturated carbocycles. The van der Waals surface area contributed by atoms with Gasteiger partial charge in [-0.2, -0.15) is 0 Å². The molecule has 1 N–H and O–H groups in total. The summed E-state index contributed by atoms with van der Waals surface area (Å²) in [7, 11) is 0. The van der Waals surface area contributed by atoms with E-state index in [1.54, 1.807) is 40.5 Å². The molecule has 1 aromatic heterocycles. The van der Waals surface area contributed by atoms with E-state index in [1.807, 2.05) is 11.4 Å². The number of hydrogen-bond donors (Lipinski definition) is 1. The molecule has 2 heterocycles. The molecule has 0 fully saturated rings. The smallest absolute Gasteiger partial charge is 0.325 e. The summed E-state index contributed by atoms with van der Waals surface area (Å²) < 4.78 is 10.6. The van der Waals surface area contributed by atoms with Gasteiger partial charge >= 0.3 is 5.97 Å². The van der Waals surface area contributed by atoms with Crippen molar-refractivity contribution >= 4 is 29.1 Å². The fraction of sp³-hybridized carbons (Fsp3) is 0.409. The van der Waals surface area contributed by atoms with Gasteiger partial charge in [0.1, 0.15) is 12.3 Å². The first kappa shape index (κ1) is 21.8. The van der Waals surface area contributed by atoms with Crippen LogP contribution in [0.4, 0.5) is 0 Å². The van der Waals surface area contributed by atoms with Crippen molar-refractivity contribution in [2.75, 3.05) is 26.3 Å². The molecular weight excluding hydrogens is 404 g/mol. The van der Waals surface area contributed by atoms with Gasteiger partial charge in [-0.1, -0.05) is 13.3 Å². The van der Waals surface area contributed by atoms with Crippen LogP contribution in [0.15, 0.2) is 35.7 Å². The van der Waals surface area contributed by atoms with E-state index in [9.17, 15) is 14.4 Å². The Hall–Kier alpha value is -2.87. The van der Waals surface area contributed by atoms with Crippen LogP contribution in [0.1, 0.15) is 40.6 Å². The highest BCUT2D eigenvalue weighted by atomic mass is 32.1. The number of benzene rings is 1. The average molecular weight is 431 g/mol. The third-order valence-corrected chi connectivity index (χ3v) is 5.82. The molecule has 7 nitrogen and oxygen atoms in total. The Labute approximate surface area is 180 Å². The lowest BCUT2D eigenvalue weighted by molar-refractivity contribution is -0.151. The predicted molar refractivity (Wildman–Crippen MR) is 114 cm³/mol. The van der Waals surface area contributed by atoms with Crippen molar-refractivity contribution in [3.05, 3.63) is 51.7 Å². The lowest BCUT2D eigenvalue weighted by Crippen LogP contribution is -2.39. The highest BCUT2D eigenvalue weighted by Gasteiger charge is 2.22. The molecule has 30 heavy (non-hydrogen) atoms. The standard InChI is InChI=1S/C22H26N2O5S/c1-2-3-11-28-18-6-4-16(5-7-18)22(27)23-13-21(26)29-15-20(25)24-10-8-19-17(14-24)9-12-30-19/h4-7,9,12H,2-3,8,10-11,13-15H2,1H3,(H,23,27). The van der Waals surface area contributed by atoms with E-state index < -0.39 is 5.97 Å². The highest BCUT2D eigenvalue weighted by Crippen LogP contribution is 2.23. The second-order valence-electron chi connectivity index (χ2n) is 7.00. The van der Waals surface area contributed by atoms with Gasteiger partial charge in [0.05, 0.1) is 6.61 Å². The number of thiophene rings is 1. The van der Waals surface area contributed by atoms with E-state index >= 15 is 0 Å². The SMILES string of the molecule is CCCCOc1ccc(C(=O)NCC(=O)OCC(=O)N2CCc3sccc3C2)cc1. The molecule has 2 aromatic rings. The fourth-order valence-electron chi connectivity index (χ4n) is 3.04. The lowest BCUT2D eigenvalue weighted by atomic mass is 10.1. The summed E-state index contributed by atoms with van der Waals surface area (Å²) in [5.41, 5.74) is 1.57. The van der Waals surface area contributed by atoms with Crippen molar-refractivity contribution in [3.8, 4) is 5.75 Å². The van der Waals surface area contributed by atoms with E-state index in [-0.39, 0.29) is 25.0 Å². The molecule has 0 saturated heterocycles. The van der Waals surface area contributed by atoms with Gasteiger partial charge in [0.25, 0.3) is 11.8 Å². The first-order valence-electron chi connectivity index (χ1n) is 10.1. The molecule has 0 spiro atoms. The second kappa shape index (κ2) is 10.8. The number of hydrogen-bond acceptors (Lipinski definition) is 6. The van der Waals surface area contributed by atoms with E-state index in [0.29, 0.717) is 31.0 Å². The molecule has 0 unspecified atom stereocenters. The normalized spacial score (nSPS) is 12.8. The number of nitrogens with zero attached hydrogens (tertiary/aromatic N) is 1. The summed E-state index contributed by atoms with van der Waals surface area (Å²) in [5, 5.41) is 4.53. The maximum atomic E-state index is 12.3. The third-order valence-electron chi connectivity index (χ3n) is 4.79. The van der Waals surface area contributed by atoms with Gasteiger partial charge in [0, 0.05) is 23.5 Å². The number of nitrogens with one attached hydrogen (secondary N) is 1. The van der Waals surface area contributed by atoms with Crippen LogP contribution in [-0.2, 0) is 27.3 Å². The highest BCUT2D eigenvalue weighted by molar-refractivity contribution is 7.10. The number of carbonyl (C=O) groups is 3. The number of carbonyl (C=O) groups excluding carboxylic acids is 3. The number of esters is 1. The van der Waals surface area contributed by atoms with Crippen LogP contribution in [0.5, 0.6) is 5.75 Å². The van der Waals surface area contributed by atoms with Crippen LogP contribution in [-0.4, -0.2) is 49.0 Å². The van der Waals surface area contributed by atoms with E-state index in [4.69, 9.17) is 9.47 Å². The predicted octanol–water partition coefficient (Wildman–Crippen LogP) is 2.78.